The molecule has 1 saturated heterocycles. The van der Waals surface area contributed by atoms with Crippen molar-refractivity contribution < 1.29 is 4.79 Å². The van der Waals surface area contributed by atoms with E-state index in [0.717, 1.165) is 56.7 Å². The van der Waals surface area contributed by atoms with Gasteiger partial charge in [0.25, 0.3) is 5.91 Å². The van der Waals surface area contributed by atoms with Crippen molar-refractivity contribution in [1.29, 1.82) is 0 Å². The number of imidazole rings is 1. The van der Waals surface area contributed by atoms with Gasteiger partial charge in [-0.25, -0.2) is 9.97 Å². The number of nitrogens with zero attached hydrogens (tertiary/aromatic N) is 3. The summed E-state index contributed by atoms with van der Waals surface area (Å²) in [6, 6.07) is 12.0. The van der Waals surface area contributed by atoms with E-state index >= 15 is 0 Å². The van der Waals surface area contributed by atoms with E-state index in [1.165, 1.54) is 11.3 Å². The number of likely N-dealkylation sites (tertiary alicyclic amines) is 1. The van der Waals surface area contributed by atoms with Gasteiger partial charge >= 0.3 is 0 Å². The van der Waals surface area contributed by atoms with Crippen LogP contribution in [0, 0.1) is 6.92 Å². The zero-order valence-corrected chi connectivity index (χ0v) is 16.4. The minimum Gasteiger partial charge on any atom is -0.340 e. The molecule has 0 saturated carbocycles. The molecule has 136 valence electrons. The molecule has 5 nitrogen and oxygen atoms in total. The average molecular weight is 395 g/mol. The summed E-state index contributed by atoms with van der Waals surface area (Å²) in [5, 5.41) is 2.95. The number of aryl methyl sites for hydroxylation is 1. The van der Waals surface area contributed by atoms with E-state index in [2.05, 4.69) is 9.97 Å². The van der Waals surface area contributed by atoms with Crippen LogP contribution in [0.1, 0.15) is 40.1 Å². The van der Waals surface area contributed by atoms with E-state index in [1.54, 1.807) is 11.3 Å². The third-order valence-corrected chi connectivity index (χ3v) is 7.14. The van der Waals surface area contributed by atoms with Crippen LogP contribution in [0.3, 0.4) is 0 Å². The van der Waals surface area contributed by atoms with E-state index in [4.69, 9.17) is 4.98 Å². The Morgan fingerprint density at radius 3 is 2.93 bits per heavy atom. The fourth-order valence-electron chi connectivity index (χ4n) is 3.66. The molecular formula is C20H18N4OS2. The maximum Gasteiger partial charge on any atom is 0.266 e. The minimum absolute atomic E-state index is 0.00316. The topological polar surface area (TPSA) is 61.9 Å². The smallest absolute Gasteiger partial charge is 0.266 e. The molecule has 3 aromatic heterocycles. The Kier molecular flexibility index (Phi) is 4.06. The lowest BCUT2D eigenvalue weighted by molar-refractivity contribution is 0.0734. The molecule has 0 spiro atoms. The Labute approximate surface area is 164 Å². The molecule has 0 radical (unpaired) electrons. The number of thiophene rings is 1. The van der Waals surface area contributed by atoms with Crippen LogP contribution < -0.4 is 0 Å². The second-order valence-corrected chi connectivity index (χ2v) is 8.65. The molecule has 0 bridgehead atoms. The fourth-order valence-corrected chi connectivity index (χ4v) is 5.47. The summed E-state index contributed by atoms with van der Waals surface area (Å²) >= 11 is 3.14. The van der Waals surface area contributed by atoms with E-state index in [0.29, 0.717) is 0 Å². The number of aromatic nitrogens is 3. The second-order valence-electron chi connectivity index (χ2n) is 6.71. The highest BCUT2D eigenvalue weighted by Crippen LogP contribution is 2.36. The van der Waals surface area contributed by atoms with Gasteiger partial charge in [-0.15, -0.1) is 22.7 Å². The number of aromatic amines is 1. The molecule has 1 amide bonds. The Morgan fingerprint density at radius 2 is 2.11 bits per heavy atom. The van der Waals surface area contributed by atoms with Crippen LogP contribution in [-0.4, -0.2) is 32.3 Å². The van der Waals surface area contributed by atoms with Crippen molar-refractivity contribution in [2.45, 2.75) is 25.8 Å². The molecular weight excluding hydrogens is 376 g/mol. The van der Waals surface area contributed by atoms with Gasteiger partial charge in [-0.1, -0.05) is 18.2 Å². The quantitative estimate of drug-likeness (QED) is 0.530. The molecule has 0 unspecified atom stereocenters. The first-order valence-corrected chi connectivity index (χ1v) is 10.7. The van der Waals surface area contributed by atoms with Crippen molar-refractivity contribution in [3.05, 3.63) is 58.2 Å². The molecule has 4 aromatic rings. The molecule has 1 N–H and O–H groups in total. The van der Waals surface area contributed by atoms with Gasteiger partial charge in [0.1, 0.15) is 15.7 Å². The Bertz CT molecular complexity index is 1080. The number of hydrogen-bond donors (Lipinski definition) is 1. The minimum atomic E-state index is -0.00316. The van der Waals surface area contributed by atoms with Crippen LogP contribution >= 0.6 is 22.7 Å². The third kappa shape index (κ3) is 2.87. The van der Waals surface area contributed by atoms with E-state index in [1.807, 2.05) is 53.6 Å². The molecule has 5 rings (SSSR count). The highest BCUT2D eigenvalue weighted by atomic mass is 32.1. The lowest BCUT2D eigenvalue weighted by atomic mass is 10.2. The Balaban J connectivity index is 1.47. The van der Waals surface area contributed by atoms with Gasteiger partial charge < -0.3 is 9.88 Å². The van der Waals surface area contributed by atoms with Crippen LogP contribution in [0.15, 0.2) is 41.8 Å². The van der Waals surface area contributed by atoms with E-state index < -0.39 is 0 Å². The van der Waals surface area contributed by atoms with Crippen LogP contribution in [0.2, 0.25) is 0 Å². The number of fused-ring (bicyclic) bond motifs is 1. The standard InChI is InChI=1S/C20H18N4OS2/c1-12-17(27-19(21-12)16-9-5-11-26-16)20(25)24-10-4-8-15(24)18-22-13-6-2-3-7-14(13)23-18/h2-3,5-7,9,11,15H,4,8,10H2,1H3,(H,22,23)/t15-/m1/s1. The molecule has 7 heteroatoms. The molecule has 1 fully saturated rings. The fraction of sp³-hybridized carbons (Fsp3) is 0.250. The lowest BCUT2D eigenvalue weighted by Gasteiger charge is -2.22. The predicted molar refractivity (Wildman–Crippen MR) is 109 cm³/mol. The van der Waals surface area contributed by atoms with Crippen LogP contribution in [0.4, 0.5) is 0 Å². The SMILES string of the molecule is Cc1nc(-c2cccs2)sc1C(=O)N1CCC[C@@H]1c1nc2ccccc2[nH]1. The van der Waals surface area contributed by atoms with Gasteiger partial charge in [-0.05, 0) is 43.3 Å². The number of carbonyl (C=O) groups excluding carboxylic acids is 1. The maximum atomic E-state index is 13.3. The summed E-state index contributed by atoms with van der Waals surface area (Å²) in [6.07, 6.45) is 1.92. The number of nitrogens with one attached hydrogen (secondary N) is 1. The van der Waals surface area contributed by atoms with Crippen molar-refractivity contribution in [1.82, 2.24) is 19.9 Å². The number of H-pyrrole nitrogens is 1. The summed E-state index contributed by atoms with van der Waals surface area (Å²) in [6.45, 7) is 2.68. The maximum absolute atomic E-state index is 13.3. The average Bonchev–Trinajstić information content (AvgIpc) is 3.45. The molecule has 4 heterocycles. The van der Waals surface area contributed by atoms with Crippen molar-refractivity contribution in [3.8, 4) is 9.88 Å². The molecule has 1 aliphatic heterocycles. The predicted octanol–water partition coefficient (Wildman–Crippen LogP) is 5.03. The van der Waals surface area contributed by atoms with Crippen LogP contribution in [0.25, 0.3) is 20.9 Å². The van der Waals surface area contributed by atoms with Crippen molar-refractivity contribution in [2.75, 3.05) is 6.54 Å². The van der Waals surface area contributed by atoms with Gasteiger partial charge in [0.05, 0.1) is 27.6 Å². The highest BCUT2D eigenvalue weighted by Gasteiger charge is 2.34. The van der Waals surface area contributed by atoms with Crippen molar-refractivity contribution in [2.24, 2.45) is 0 Å². The lowest BCUT2D eigenvalue weighted by Crippen LogP contribution is -2.31. The molecule has 1 aliphatic rings. The third-order valence-electron chi connectivity index (χ3n) is 4.96. The molecule has 1 atom stereocenters. The van der Waals surface area contributed by atoms with Crippen LogP contribution in [-0.2, 0) is 0 Å². The zero-order valence-electron chi connectivity index (χ0n) is 14.8. The summed E-state index contributed by atoms with van der Waals surface area (Å²) < 4.78 is 0. The zero-order chi connectivity index (χ0) is 18.4. The summed E-state index contributed by atoms with van der Waals surface area (Å²) in [7, 11) is 0. The number of amides is 1. The largest absolute Gasteiger partial charge is 0.340 e. The van der Waals surface area contributed by atoms with E-state index in [9.17, 15) is 4.79 Å². The molecule has 0 aliphatic carbocycles. The number of hydrogen-bond acceptors (Lipinski definition) is 5. The monoisotopic (exact) mass is 394 g/mol. The van der Waals surface area contributed by atoms with E-state index in [-0.39, 0.29) is 11.9 Å². The highest BCUT2D eigenvalue weighted by molar-refractivity contribution is 7.22. The van der Waals surface area contributed by atoms with Gasteiger partial charge in [0.2, 0.25) is 0 Å². The first-order chi connectivity index (χ1) is 13.2. The Morgan fingerprint density at radius 1 is 1.22 bits per heavy atom. The van der Waals surface area contributed by atoms with Gasteiger partial charge in [0, 0.05) is 6.54 Å². The summed E-state index contributed by atoms with van der Waals surface area (Å²) in [4.78, 5) is 29.9. The number of rotatable bonds is 3. The number of benzene rings is 1. The van der Waals surface area contributed by atoms with Crippen molar-refractivity contribution >= 4 is 39.6 Å². The molecule has 27 heavy (non-hydrogen) atoms. The number of thiazole rings is 1. The first-order valence-electron chi connectivity index (χ1n) is 8.97. The number of carbonyl (C=O) groups is 1. The van der Waals surface area contributed by atoms with Crippen LogP contribution in [0.5, 0.6) is 0 Å². The Hall–Kier alpha value is -2.51. The van der Waals surface area contributed by atoms with Gasteiger partial charge in [-0.3, -0.25) is 4.79 Å². The van der Waals surface area contributed by atoms with Crippen molar-refractivity contribution in [3.63, 3.8) is 0 Å². The second kappa shape index (κ2) is 6.58. The first kappa shape index (κ1) is 16.6. The van der Waals surface area contributed by atoms with Gasteiger partial charge in [0.15, 0.2) is 0 Å². The van der Waals surface area contributed by atoms with Gasteiger partial charge in [-0.2, -0.15) is 0 Å². The normalized spacial score (nSPS) is 17.1. The molecule has 1 aromatic carbocycles. The summed E-state index contributed by atoms with van der Waals surface area (Å²) in [5.41, 5.74) is 2.77. The summed E-state index contributed by atoms with van der Waals surface area (Å²) in [5.74, 6) is 0.943. The number of para-hydroxylation sites is 2.